The first-order valence-electron chi connectivity index (χ1n) is 8.72. The highest BCUT2D eigenvalue weighted by atomic mass is 16.5. The van der Waals surface area contributed by atoms with Crippen LogP contribution >= 0.6 is 0 Å². The molecule has 4 nitrogen and oxygen atoms in total. The third-order valence-corrected chi connectivity index (χ3v) is 3.79. The SMILES string of the molecule is C=C(OC)c1cc(C)c(OCCCCC(C)N=NC(C)C)c(C)c1. The van der Waals surface area contributed by atoms with Crippen LogP contribution in [0.3, 0.4) is 0 Å². The topological polar surface area (TPSA) is 43.2 Å². The maximum atomic E-state index is 5.99. The molecule has 0 saturated carbocycles. The average Bonchev–Trinajstić information content (AvgIpc) is 2.53. The van der Waals surface area contributed by atoms with Gasteiger partial charge in [0.25, 0.3) is 0 Å². The first kappa shape index (κ1) is 20.2. The molecule has 0 aliphatic rings. The monoisotopic (exact) mass is 332 g/mol. The van der Waals surface area contributed by atoms with Crippen LogP contribution in [0.15, 0.2) is 28.9 Å². The molecule has 1 unspecified atom stereocenters. The molecule has 24 heavy (non-hydrogen) atoms. The van der Waals surface area contributed by atoms with E-state index in [9.17, 15) is 0 Å². The van der Waals surface area contributed by atoms with Crippen LogP contribution in [0.4, 0.5) is 0 Å². The van der Waals surface area contributed by atoms with Gasteiger partial charge in [0.1, 0.15) is 11.5 Å². The van der Waals surface area contributed by atoms with Crippen molar-refractivity contribution in [1.29, 1.82) is 0 Å². The summed E-state index contributed by atoms with van der Waals surface area (Å²) in [4.78, 5) is 0. The Morgan fingerprint density at radius 3 is 2.25 bits per heavy atom. The average molecular weight is 332 g/mol. The largest absolute Gasteiger partial charge is 0.497 e. The Labute approximate surface area is 147 Å². The molecule has 0 bridgehead atoms. The molecule has 1 rings (SSSR count). The number of ether oxygens (including phenoxy) is 2. The highest BCUT2D eigenvalue weighted by molar-refractivity contribution is 5.61. The maximum absolute atomic E-state index is 5.99. The summed E-state index contributed by atoms with van der Waals surface area (Å²) < 4.78 is 11.2. The Bertz CT molecular complexity index is 542. The van der Waals surface area contributed by atoms with Gasteiger partial charge in [0.15, 0.2) is 0 Å². The Hall–Kier alpha value is -1.84. The molecule has 134 valence electrons. The molecule has 0 aliphatic heterocycles. The lowest BCUT2D eigenvalue weighted by atomic mass is 10.0. The summed E-state index contributed by atoms with van der Waals surface area (Å²) in [7, 11) is 1.64. The Morgan fingerprint density at radius 2 is 1.71 bits per heavy atom. The second kappa shape index (κ2) is 10.1. The summed E-state index contributed by atoms with van der Waals surface area (Å²) in [5.41, 5.74) is 3.23. The fourth-order valence-electron chi connectivity index (χ4n) is 2.48. The van der Waals surface area contributed by atoms with Gasteiger partial charge in [-0.25, -0.2) is 0 Å². The highest BCUT2D eigenvalue weighted by Gasteiger charge is 2.09. The van der Waals surface area contributed by atoms with Crippen LogP contribution in [-0.4, -0.2) is 25.8 Å². The van der Waals surface area contributed by atoms with E-state index in [1.54, 1.807) is 7.11 Å². The molecular formula is C20H32N2O2. The summed E-state index contributed by atoms with van der Waals surface area (Å²) in [6.07, 6.45) is 3.16. The van der Waals surface area contributed by atoms with Crippen LogP contribution in [0.2, 0.25) is 0 Å². The molecule has 1 atom stereocenters. The van der Waals surface area contributed by atoms with Crippen molar-refractivity contribution in [1.82, 2.24) is 0 Å². The molecule has 0 aliphatic carbocycles. The van der Waals surface area contributed by atoms with Gasteiger partial charge in [-0.05, 0) is 77.1 Å². The molecule has 0 fully saturated rings. The van der Waals surface area contributed by atoms with Crippen molar-refractivity contribution in [2.24, 2.45) is 10.2 Å². The van der Waals surface area contributed by atoms with E-state index in [1.807, 2.05) is 13.8 Å². The second-order valence-corrected chi connectivity index (χ2v) is 6.58. The Kier molecular flexibility index (Phi) is 8.51. The molecular weight excluding hydrogens is 300 g/mol. The zero-order valence-corrected chi connectivity index (χ0v) is 16.1. The predicted octanol–water partition coefficient (Wildman–Crippen LogP) is 5.72. The van der Waals surface area contributed by atoms with E-state index in [2.05, 4.69) is 49.7 Å². The Balaban J connectivity index is 2.44. The quantitative estimate of drug-likeness (QED) is 0.312. The number of unbranched alkanes of at least 4 members (excludes halogenated alkanes) is 1. The molecule has 0 radical (unpaired) electrons. The van der Waals surface area contributed by atoms with E-state index < -0.39 is 0 Å². The van der Waals surface area contributed by atoms with Gasteiger partial charge in [0.05, 0.1) is 25.8 Å². The summed E-state index contributed by atoms with van der Waals surface area (Å²) in [6, 6.07) is 4.68. The minimum atomic E-state index is 0.277. The standard InChI is InChI=1S/C20H32N2O2/c1-14(2)21-22-17(5)10-8-9-11-24-20-15(3)12-19(13-16(20)4)18(6)23-7/h12-14,17H,6,8-11H2,1-5,7H3. The van der Waals surface area contributed by atoms with Crippen molar-refractivity contribution in [3.05, 3.63) is 35.4 Å². The van der Waals surface area contributed by atoms with Crippen LogP contribution in [0.5, 0.6) is 5.75 Å². The Morgan fingerprint density at radius 1 is 1.08 bits per heavy atom. The lowest BCUT2D eigenvalue weighted by Crippen LogP contribution is -2.04. The van der Waals surface area contributed by atoms with Crippen LogP contribution in [0.25, 0.3) is 5.76 Å². The number of rotatable bonds is 10. The highest BCUT2D eigenvalue weighted by Crippen LogP contribution is 2.28. The molecule has 4 heteroatoms. The molecule has 1 aromatic rings. The molecule has 0 aromatic heterocycles. The van der Waals surface area contributed by atoms with Gasteiger partial charge in [0.2, 0.25) is 0 Å². The number of hydrogen-bond donors (Lipinski definition) is 0. The fraction of sp³-hybridized carbons (Fsp3) is 0.600. The number of methoxy groups -OCH3 is 1. The number of benzene rings is 1. The van der Waals surface area contributed by atoms with E-state index >= 15 is 0 Å². The van der Waals surface area contributed by atoms with Crippen LogP contribution in [-0.2, 0) is 4.74 Å². The summed E-state index contributed by atoms with van der Waals surface area (Å²) in [5, 5.41) is 8.51. The van der Waals surface area contributed by atoms with Gasteiger partial charge in [-0.3, -0.25) is 0 Å². The van der Waals surface area contributed by atoms with E-state index in [-0.39, 0.29) is 12.1 Å². The van der Waals surface area contributed by atoms with Crippen LogP contribution < -0.4 is 4.74 Å². The van der Waals surface area contributed by atoms with Crippen molar-refractivity contribution in [2.45, 2.75) is 66.0 Å². The minimum Gasteiger partial charge on any atom is -0.497 e. The number of hydrogen-bond acceptors (Lipinski definition) is 4. The minimum absolute atomic E-state index is 0.277. The molecule has 0 spiro atoms. The van der Waals surface area contributed by atoms with Gasteiger partial charge in [-0.1, -0.05) is 6.58 Å². The smallest absolute Gasteiger partial charge is 0.125 e. The molecule has 0 saturated heterocycles. The van der Waals surface area contributed by atoms with Gasteiger partial charge < -0.3 is 9.47 Å². The van der Waals surface area contributed by atoms with Gasteiger partial charge in [-0.2, -0.15) is 10.2 Å². The first-order chi connectivity index (χ1) is 11.3. The van der Waals surface area contributed by atoms with Crippen molar-refractivity contribution in [2.75, 3.05) is 13.7 Å². The maximum Gasteiger partial charge on any atom is 0.125 e. The fourth-order valence-corrected chi connectivity index (χ4v) is 2.48. The van der Waals surface area contributed by atoms with E-state index in [1.165, 1.54) is 0 Å². The third-order valence-electron chi connectivity index (χ3n) is 3.79. The van der Waals surface area contributed by atoms with Crippen LogP contribution in [0.1, 0.15) is 56.7 Å². The van der Waals surface area contributed by atoms with E-state index in [4.69, 9.17) is 9.47 Å². The molecule has 0 heterocycles. The van der Waals surface area contributed by atoms with Gasteiger partial charge in [0, 0.05) is 5.56 Å². The van der Waals surface area contributed by atoms with Crippen molar-refractivity contribution < 1.29 is 9.47 Å². The molecule has 1 aromatic carbocycles. The van der Waals surface area contributed by atoms with E-state index in [0.29, 0.717) is 5.76 Å². The predicted molar refractivity (Wildman–Crippen MR) is 101 cm³/mol. The number of azo groups is 1. The number of aryl methyl sites for hydroxylation is 2. The molecule has 0 amide bonds. The zero-order chi connectivity index (χ0) is 18.1. The van der Waals surface area contributed by atoms with Crippen molar-refractivity contribution in [3.8, 4) is 5.75 Å². The first-order valence-corrected chi connectivity index (χ1v) is 8.72. The summed E-state index contributed by atoms with van der Waals surface area (Å²) >= 11 is 0. The van der Waals surface area contributed by atoms with E-state index in [0.717, 1.165) is 48.3 Å². The van der Waals surface area contributed by atoms with Crippen molar-refractivity contribution >= 4 is 5.76 Å². The van der Waals surface area contributed by atoms with Gasteiger partial charge in [-0.15, -0.1) is 0 Å². The lowest BCUT2D eigenvalue weighted by molar-refractivity contribution is 0.299. The van der Waals surface area contributed by atoms with Gasteiger partial charge >= 0.3 is 0 Å². The number of nitrogens with zero attached hydrogens (tertiary/aromatic N) is 2. The lowest BCUT2D eigenvalue weighted by Gasteiger charge is -2.15. The summed E-state index contributed by atoms with van der Waals surface area (Å²) in [5.74, 6) is 1.65. The third kappa shape index (κ3) is 6.73. The normalized spacial score (nSPS) is 12.6. The molecule has 0 N–H and O–H groups in total. The summed E-state index contributed by atoms with van der Waals surface area (Å²) in [6.45, 7) is 14.9. The second-order valence-electron chi connectivity index (χ2n) is 6.58. The van der Waals surface area contributed by atoms with Crippen molar-refractivity contribution in [3.63, 3.8) is 0 Å². The van der Waals surface area contributed by atoms with Crippen LogP contribution in [0, 0.1) is 13.8 Å². The zero-order valence-electron chi connectivity index (χ0n) is 16.1.